The van der Waals surface area contributed by atoms with Crippen LogP contribution < -0.4 is 10.1 Å². The minimum absolute atomic E-state index is 0.318. The molecule has 0 bridgehead atoms. The number of allylic oxidation sites excluding steroid dienone is 1. The second kappa shape index (κ2) is 9.28. The van der Waals surface area contributed by atoms with Crippen molar-refractivity contribution >= 4 is 39.7 Å². The summed E-state index contributed by atoms with van der Waals surface area (Å²) in [5, 5.41) is 4.30. The van der Waals surface area contributed by atoms with Gasteiger partial charge in [0.2, 0.25) is 5.91 Å². The van der Waals surface area contributed by atoms with E-state index < -0.39 is 0 Å². The average Bonchev–Trinajstić information content (AvgIpc) is 3.18. The van der Waals surface area contributed by atoms with Crippen LogP contribution in [0.25, 0.3) is 27.7 Å². The SMILES string of the molecule is CCOc1cc2occ(-c3ccc(Cl)cc3)c2cc1/C(C)=C/C(=O)Nc1ccc(F)cc1. The Balaban J connectivity index is 1.71. The zero-order valence-corrected chi connectivity index (χ0v) is 18.4. The summed E-state index contributed by atoms with van der Waals surface area (Å²) >= 11 is 6.02. The lowest BCUT2D eigenvalue weighted by Gasteiger charge is -2.12. The Hall–Kier alpha value is -3.57. The minimum Gasteiger partial charge on any atom is -0.493 e. The standard InChI is InChI=1S/C26H21ClFNO3/c1-3-31-24-14-25-22(23(15-32-25)17-4-6-18(27)7-5-17)13-21(24)16(2)12-26(30)29-20-10-8-19(28)9-11-20/h4-15H,3H2,1-2H3,(H,29,30)/b16-12+. The zero-order valence-electron chi connectivity index (χ0n) is 17.6. The molecule has 1 aromatic heterocycles. The third-order valence-corrected chi connectivity index (χ3v) is 5.27. The van der Waals surface area contributed by atoms with E-state index in [9.17, 15) is 9.18 Å². The summed E-state index contributed by atoms with van der Waals surface area (Å²) in [6.45, 7) is 4.21. The van der Waals surface area contributed by atoms with Gasteiger partial charge in [-0.3, -0.25) is 4.79 Å². The smallest absolute Gasteiger partial charge is 0.248 e. The number of anilines is 1. The summed E-state index contributed by atoms with van der Waals surface area (Å²) < 4.78 is 24.7. The van der Waals surface area contributed by atoms with Crippen molar-refractivity contribution in [2.75, 3.05) is 11.9 Å². The second-order valence-electron chi connectivity index (χ2n) is 7.26. The lowest BCUT2D eigenvalue weighted by molar-refractivity contribution is -0.111. The molecule has 1 amide bonds. The van der Waals surface area contributed by atoms with E-state index in [-0.39, 0.29) is 11.7 Å². The summed E-state index contributed by atoms with van der Waals surface area (Å²) in [4.78, 5) is 12.5. The van der Waals surface area contributed by atoms with Crippen molar-refractivity contribution in [3.63, 3.8) is 0 Å². The van der Waals surface area contributed by atoms with Crippen molar-refractivity contribution in [2.45, 2.75) is 13.8 Å². The van der Waals surface area contributed by atoms with Crippen LogP contribution in [0.5, 0.6) is 5.75 Å². The third-order valence-electron chi connectivity index (χ3n) is 5.01. The van der Waals surface area contributed by atoms with E-state index in [2.05, 4.69) is 5.32 Å². The van der Waals surface area contributed by atoms with E-state index in [0.29, 0.717) is 28.6 Å². The molecule has 0 saturated carbocycles. The summed E-state index contributed by atoms with van der Waals surface area (Å²) in [5.74, 6) is -0.0527. The highest BCUT2D eigenvalue weighted by atomic mass is 35.5. The van der Waals surface area contributed by atoms with Gasteiger partial charge in [-0.1, -0.05) is 23.7 Å². The molecule has 0 unspecified atom stereocenters. The number of ether oxygens (including phenoxy) is 1. The Morgan fingerprint density at radius 3 is 2.53 bits per heavy atom. The first-order valence-corrected chi connectivity index (χ1v) is 10.5. The van der Waals surface area contributed by atoms with Crippen molar-refractivity contribution < 1.29 is 18.3 Å². The number of nitrogens with one attached hydrogen (secondary N) is 1. The number of benzene rings is 3. The number of carbonyl (C=O) groups excluding carboxylic acids is 1. The quantitative estimate of drug-likeness (QED) is 0.313. The molecule has 0 aliphatic carbocycles. The number of rotatable bonds is 6. The number of hydrogen-bond donors (Lipinski definition) is 1. The van der Waals surface area contributed by atoms with Gasteiger partial charge in [0, 0.05) is 39.4 Å². The molecule has 32 heavy (non-hydrogen) atoms. The Kier molecular flexibility index (Phi) is 6.28. The first kappa shape index (κ1) is 21.7. The molecule has 0 spiro atoms. The molecule has 4 rings (SSSR count). The van der Waals surface area contributed by atoms with Gasteiger partial charge in [-0.2, -0.15) is 0 Å². The van der Waals surface area contributed by atoms with E-state index in [4.69, 9.17) is 20.8 Å². The summed E-state index contributed by atoms with van der Waals surface area (Å²) in [6.07, 6.45) is 3.20. The normalized spacial score (nSPS) is 11.6. The average molecular weight is 450 g/mol. The molecule has 6 heteroatoms. The number of furan rings is 1. The molecular formula is C26H21ClFNO3. The first-order chi connectivity index (χ1) is 15.4. The van der Waals surface area contributed by atoms with Crippen molar-refractivity contribution in [1.29, 1.82) is 0 Å². The largest absolute Gasteiger partial charge is 0.493 e. The Labute approximate surface area is 190 Å². The van der Waals surface area contributed by atoms with E-state index in [1.54, 1.807) is 6.26 Å². The molecular weight excluding hydrogens is 429 g/mol. The highest BCUT2D eigenvalue weighted by Crippen LogP contribution is 2.37. The van der Waals surface area contributed by atoms with Crippen LogP contribution in [0.4, 0.5) is 10.1 Å². The van der Waals surface area contributed by atoms with Crippen LogP contribution in [0, 0.1) is 5.82 Å². The maximum Gasteiger partial charge on any atom is 0.248 e. The fourth-order valence-electron chi connectivity index (χ4n) is 3.48. The van der Waals surface area contributed by atoms with E-state index >= 15 is 0 Å². The van der Waals surface area contributed by atoms with Gasteiger partial charge in [-0.25, -0.2) is 4.39 Å². The summed E-state index contributed by atoms with van der Waals surface area (Å²) in [6, 6.07) is 16.9. The number of hydrogen-bond acceptors (Lipinski definition) is 3. The molecule has 0 radical (unpaired) electrons. The first-order valence-electron chi connectivity index (χ1n) is 10.1. The molecule has 0 fully saturated rings. The van der Waals surface area contributed by atoms with Crippen LogP contribution in [0.2, 0.25) is 5.02 Å². The van der Waals surface area contributed by atoms with Gasteiger partial charge in [-0.05, 0) is 67.4 Å². The number of fused-ring (bicyclic) bond motifs is 1. The summed E-state index contributed by atoms with van der Waals surface area (Å²) in [5.41, 5.74) is 4.60. The van der Waals surface area contributed by atoms with Crippen LogP contribution in [0.3, 0.4) is 0 Å². The van der Waals surface area contributed by atoms with Crippen molar-refractivity contribution in [1.82, 2.24) is 0 Å². The van der Waals surface area contributed by atoms with Crippen LogP contribution >= 0.6 is 11.6 Å². The van der Waals surface area contributed by atoms with Crippen LogP contribution in [-0.4, -0.2) is 12.5 Å². The Morgan fingerprint density at radius 2 is 1.84 bits per heavy atom. The fraction of sp³-hybridized carbons (Fsp3) is 0.115. The molecule has 0 aliphatic heterocycles. The highest BCUT2D eigenvalue weighted by Gasteiger charge is 2.15. The van der Waals surface area contributed by atoms with Gasteiger partial charge in [0.25, 0.3) is 0 Å². The maximum atomic E-state index is 13.1. The van der Waals surface area contributed by atoms with Gasteiger partial charge >= 0.3 is 0 Å². The van der Waals surface area contributed by atoms with E-state index in [1.165, 1.54) is 30.3 Å². The highest BCUT2D eigenvalue weighted by molar-refractivity contribution is 6.30. The van der Waals surface area contributed by atoms with Gasteiger partial charge in [0.05, 0.1) is 12.9 Å². The van der Waals surface area contributed by atoms with Crippen LogP contribution in [0.15, 0.2) is 77.4 Å². The van der Waals surface area contributed by atoms with Gasteiger partial charge in [0.1, 0.15) is 17.1 Å². The number of carbonyl (C=O) groups is 1. The van der Waals surface area contributed by atoms with Crippen LogP contribution in [-0.2, 0) is 4.79 Å². The van der Waals surface area contributed by atoms with Gasteiger partial charge < -0.3 is 14.5 Å². The number of halogens is 2. The van der Waals surface area contributed by atoms with Gasteiger partial charge in [-0.15, -0.1) is 0 Å². The minimum atomic E-state index is -0.360. The molecule has 4 aromatic rings. The number of amides is 1. The Bertz CT molecular complexity index is 1290. The maximum absolute atomic E-state index is 13.1. The van der Waals surface area contributed by atoms with E-state index in [0.717, 1.165) is 27.6 Å². The fourth-order valence-corrected chi connectivity index (χ4v) is 3.60. The summed E-state index contributed by atoms with van der Waals surface area (Å²) in [7, 11) is 0. The molecule has 1 N–H and O–H groups in total. The van der Waals surface area contributed by atoms with Crippen LogP contribution in [0.1, 0.15) is 19.4 Å². The van der Waals surface area contributed by atoms with Crippen molar-refractivity contribution in [2.24, 2.45) is 0 Å². The molecule has 3 aromatic carbocycles. The topological polar surface area (TPSA) is 51.5 Å². The molecule has 0 saturated heterocycles. The van der Waals surface area contributed by atoms with Crippen molar-refractivity contribution in [3.8, 4) is 16.9 Å². The molecule has 0 aliphatic rings. The monoisotopic (exact) mass is 449 g/mol. The third kappa shape index (κ3) is 4.68. The predicted octanol–water partition coefficient (Wildman–Crippen LogP) is 7.33. The zero-order chi connectivity index (χ0) is 22.7. The second-order valence-corrected chi connectivity index (χ2v) is 7.69. The Morgan fingerprint density at radius 1 is 1.12 bits per heavy atom. The predicted molar refractivity (Wildman–Crippen MR) is 127 cm³/mol. The molecule has 4 nitrogen and oxygen atoms in total. The molecule has 1 heterocycles. The lowest BCUT2D eigenvalue weighted by atomic mass is 9.99. The van der Waals surface area contributed by atoms with E-state index in [1.807, 2.05) is 50.2 Å². The van der Waals surface area contributed by atoms with Gasteiger partial charge in [0.15, 0.2) is 0 Å². The lowest BCUT2D eigenvalue weighted by Crippen LogP contribution is -2.08. The van der Waals surface area contributed by atoms with Crippen molar-refractivity contribution in [3.05, 3.63) is 89.4 Å². The molecule has 162 valence electrons. The molecule has 0 atom stereocenters.